The first-order chi connectivity index (χ1) is 10.4. The van der Waals surface area contributed by atoms with Gasteiger partial charge in [-0.05, 0) is 12.1 Å². The highest BCUT2D eigenvalue weighted by Crippen LogP contribution is 2.31. The maximum atomic E-state index is 11.5. The van der Waals surface area contributed by atoms with E-state index in [1.165, 1.54) is 19.2 Å². The van der Waals surface area contributed by atoms with E-state index < -0.39 is 34.5 Å². The first-order valence-corrected chi connectivity index (χ1v) is 5.81. The summed E-state index contributed by atoms with van der Waals surface area (Å²) in [5.74, 6) is -1.69. The van der Waals surface area contributed by atoms with Crippen LogP contribution in [-0.2, 0) is 9.59 Å². The van der Waals surface area contributed by atoms with Gasteiger partial charge in [0.25, 0.3) is 17.5 Å². The molecule has 1 aromatic rings. The van der Waals surface area contributed by atoms with E-state index in [-0.39, 0.29) is 11.4 Å². The molecule has 0 saturated carbocycles. The Hall–Kier alpha value is -3.37. The lowest BCUT2D eigenvalue weighted by atomic mass is 10.2. The lowest BCUT2D eigenvalue weighted by Gasteiger charge is -2.16. The van der Waals surface area contributed by atoms with Crippen LogP contribution in [0.3, 0.4) is 0 Å². The van der Waals surface area contributed by atoms with Crippen molar-refractivity contribution in [3.05, 3.63) is 28.3 Å². The molecular weight excluding hydrogens is 298 g/mol. The maximum absolute atomic E-state index is 11.5. The van der Waals surface area contributed by atoms with E-state index in [9.17, 15) is 24.5 Å². The summed E-state index contributed by atoms with van der Waals surface area (Å²) in [6, 6.07) is 1.23. The number of benzene rings is 1. The second-order valence-corrected chi connectivity index (χ2v) is 4.04. The van der Waals surface area contributed by atoms with Gasteiger partial charge in [-0.2, -0.15) is 5.11 Å². The number of nitro benzene ring substituents is 1. The number of methoxy groups -OCH3 is 1. The lowest BCUT2D eigenvalue weighted by Crippen LogP contribution is -2.57. The zero-order chi connectivity index (χ0) is 16.3. The van der Waals surface area contributed by atoms with Crippen LogP contribution < -0.4 is 15.4 Å². The highest BCUT2D eigenvalue weighted by molar-refractivity contribution is 6.18. The summed E-state index contributed by atoms with van der Waals surface area (Å²) in [6.45, 7) is 0. The third kappa shape index (κ3) is 3.03. The molecule has 114 valence electrons. The number of carbonyl (C=O) groups is 3. The summed E-state index contributed by atoms with van der Waals surface area (Å²) in [4.78, 5) is 44.0. The number of carbonyl (C=O) groups excluding carboxylic acids is 3. The highest BCUT2D eigenvalue weighted by Gasteiger charge is 2.34. The van der Waals surface area contributed by atoms with Gasteiger partial charge in [0.1, 0.15) is 5.75 Å². The van der Waals surface area contributed by atoms with Crippen molar-refractivity contribution in [2.75, 3.05) is 7.11 Å². The van der Waals surface area contributed by atoms with Gasteiger partial charge in [0, 0.05) is 0 Å². The molecule has 0 radical (unpaired) electrons. The molecule has 11 nitrogen and oxygen atoms in total. The number of barbiturate groups is 1. The number of urea groups is 1. The number of hydrogen-bond donors (Lipinski definition) is 2. The molecule has 2 rings (SSSR count). The molecular formula is C11H9N5O6. The molecule has 0 atom stereocenters. The van der Waals surface area contributed by atoms with Crippen LogP contribution in [0.15, 0.2) is 28.4 Å². The quantitative estimate of drug-likeness (QED) is 0.356. The summed E-state index contributed by atoms with van der Waals surface area (Å²) in [6.07, 6.45) is 0. The summed E-state index contributed by atoms with van der Waals surface area (Å²) in [7, 11) is 1.34. The number of nitro groups is 1. The average molecular weight is 307 g/mol. The van der Waals surface area contributed by atoms with Crippen LogP contribution in [0.2, 0.25) is 0 Å². The van der Waals surface area contributed by atoms with Crippen molar-refractivity contribution < 1.29 is 24.0 Å². The average Bonchev–Trinajstić information content (AvgIpc) is 2.46. The largest absolute Gasteiger partial charge is 0.496 e. The molecule has 1 heterocycles. The summed E-state index contributed by atoms with van der Waals surface area (Å²) < 4.78 is 4.86. The number of ether oxygens (including phenoxy) is 1. The van der Waals surface area contributed by atoms with Gasteiger partial charge in [-0.15, -0.1) is 5.11 Å². The molecule has 1 aliphatic rings. The van der Waals surface area contributed by atoms with E-state index >= 15 is 0 Å². The standard InChI is InChI=1S/C11H9N5O6/c1-22-5-2-3-6(7(4-5)16(20)21)14-15-8-9(17)12-11(19)13-10(8)18/h2-4,8H,1H3,(H2,12,13,17,18,19)/b15-14+. The monoisotopic (exact) mass is 307 g/mol. The lowest BCUT2D eigenvalue weighted by molar-refractivity contribution is -0.384. The number of imide groups is 2. The zero-order valence-corrected chi connectivity index (χ0v) is 11.1. The molecule has 4 amide bonds. The van der Waals surface area contributed by atoms with Crippen molar-refractivity contribution in [3.8, 4) is 5.75 Å². The van der Waals surface area contributed by atoms with Gasteiger partial charge < -0.3 is 4.74 Å². The van der Waals surface area contributed by atoms with E-state index in [0.29, 0.717) is 0 Å². The van der Waals surface area contributed by atoms with Crippen LogP contribution in [0.25, 0.3) is 0 Å². The minimum absolute atomic E-state index is 0.164. The zero-order valence-electron chi connectivity index (χ0n) is 11.1. The molecule has 0 unspecified atom stereocenters. The summed E-state index contributed by atoms with van der Waals surface area (Å²) in [5, 5.41) is 21.6. The molecule has 0 bridgehead atoms. The van der Waals surface area contributed by atoms with Crippen LogP contribution in [0.1, 0.15) is 0 Å². The van der Waals surface area contributed by atoms with Gasteiger partial charge in [0.15, 0.2) is 5.69 Å². The van der Waals surface area contributed by atoms with Crippen molar-refractivity contribution in [1.29, 1.82) is 0 Å². The molecule has 0 spiro atoms. The molecule has 0 aliphatic carbocycles. The maximum Gasteiger partial charge on any atom is 0.328 e. The van der Waals surface area contributed by atoms with Crippen LogP contribution >= 0.6 is 0 Å². The van der Waals surface area contributed by atoms with Gasteiger partial charge in [0.2, 0.25) is 6.04 Å². The van der Waals surface area contributed by atoms with Crippen LogP contribution in [0, 0.1) is 10.1 Å². The van der Waals surface area contributed by atoms with Gasteiger partial charge in [0.05, 0.1) is 18.1 Å². The Morgan fingerprint density at radius 2 is 1.86 bits per heavy atom. The third-order valence-corrected chi connectivity index (χ3v) is 2.63. The molecule has 22 heavy (non-hydrogen) atoms. The van der Waals surface area contributed by atoms with Crippen molar-refractivity contribution in [2.24, 2.45) is 10.2 Å². The fourth-order valence-corrected chi connectivity index (χ4v) is 1.60. The van der Waals surface area contributed by atoms with Gasteiger partial charge >= 0.3 is 6.03 Å². The Bertz CT molecular complexity index is 680. The number of nitrogens with zero attached hydrogens (tertiary/aromatic N) is 3. The number of amides is 4. The van der Waals surface area contributed by atoms with E-state index in [2.05, 4.69) is 10.2 Å². The number of hydrogen-bond acceptors (Lipinski definition) is 8. The van der Waals surface area contributed by atoms with Crippen molar-refractivity contribution in [3.63, 3.8) is 0 Å². The number of nitrogens with one attached hydrogen (secondary N) is 2. The minimum atomic E-state index is -1.60. The second-order valence-electron chi connectivity index (χ2n) is 4.04. The second kappa shape index (κ2) is 5.95. The minimum Gasteiger partial charge on any atom is -0.496 e. The van der Waals surface area contributed by atoms with E-state index in [4.69, 9.17) is 4.74 Å². The molecule has 11 heteroatoms. The SMILES string of the molecule is COc1ccc(/N=N/C2C(=O)NC(=O)NC2=O)c([N+](=O)[O-])c1. The Balaban J connectivity index is 2.30. The predicted molar refractivity (Wildman–Crippen MR) is 69.6 cm³/mol. The molecule has 0 aromatic heterocycles. The van der Waals surface area contributed by atoms with E-state index in [1.807, 2.05) is 10.6 Å². The normalized spacial score (nSPS) is 15.6. The topological polar surface area (TPSA) is 152 Å². The van der Waals surface area contributed by atoms with Crippen LogP contribution in [0.5, 0.6) is 5.75 Å². The molecule has 1 aliphatic heterocycles. The fourth-order valence-electron chi connectivity index (χ4n) is 1.60. The third-order valence-electron chi connectivity index (χ3n) is 2.63. The Kier molecular flexibility index (Phi) is 4.06. The first kappa shape index (κ1) is 15.0. The Morgan fingerprint density at radius 3 is 2.41 bits per heavy atom. The Morgan fingerprint density at radius 1 is 1.23 bits per heavy atom. The summed E-state index contributed by atoms with van der Waals surface area (Å²) in [5.41, 5.74) is -0.570. The first-order valence-electron chi connectivity index (χ1n) is 5.81. The van der Waals surface area contributed by atoms with Crippen LogP contribution in [0.4, 0.5) is 16.2 Å². The smallest absolute Gasteiger partial charge is 0.328 e. The van der Waals surface area contributed by atoms with E-state index in [0.717, 1.165) is 6.07 Å². The van der Waals surface area contributed by atoms with E-state index in [1.54, 1.807) is 0 Å². The van der Waals surface area contributed by atoms with Gasteiger partial charge in [-0.25, -0.2) is 4.79 Å². The summed E-state index contributed by atoms with van der Waals surface area (Å²) >= 11 is 0. The molecule has 1 aromatic carbocycles. The van der Waals surface area contributed by atoms with Crippen molar-refractivity contribution >= 4 is 29.2 Å². The predicted octanol–water partition coefficient (Wildman–Crippen LogP) is 0.422. The Labute approximate surface area is 122 Å². The van der Waals surface area contributed by atoms with Gasteiger partial charge in [-0.3, -0.25) is 30.3 Å². The number of rotatable bonds is 4. The van der Waals surface area contributed by atoms with Gasteiger partial charge in [-0.1, -0.05) is 0 Å². The highest BCUT2D eigenvalue weighted by atomic mass is 16.6. The van der Waals surface area contributed by atoms with Crippen LogP contribution in [-0.4, -0.2) is 35.9 Å². The molecule has 2 N–H and O–H groups in total. The molecule has 1 fully saturated rings. The fraction of sp³-hybridized carbons (Fsp3) is 0.182. The number of azo groups is 1. The van der Waals surface area contributed by atoms with Crippen molar-refractivity contribution in [2.45, 2.75) is 6.04 Å². The van der Waals surface area contributed by atoms with Crippen molar-refractivity contribution in [1.82, 2.24) is 10.6 Å². The molecule has 1 saturated heterocycles.